The van der Waals surface area contributed by atoms with Gasteiger partial charge < -0.3 is 14.4 Å². The monoisotopic (exact) mass is 308 g/mol. The van der Waals surface area contributed by atoms with Gasteiger partial charge >= 0.3 is 5.97 Å². The van der Waals surface area contributed by atoms with Crippen LogP contribution in [-0.4, -0.2) is 27.2 Å². The highest BCUT2D eigenvalue weighted by Gasteiger charge is 2.23. The lowest BCUT2D eigenvalue weighted by atomic mass is 9.95. The van der Waals surface area contributed by atoms with E-state index in [0.29, 0.717) is 12.4 Å². The number of carboxylic acid groups (broad SMARTS) is 1. The van der Waals surface area contributed by atoms with E-state index in [1.54, 1.807) is 12.5 Å². The van der Waals surface area contributed by atoms with E-state index in [4.69, 9.17) is 4.74 Å². The Balaban J connectivity index is 1.98. The molecule has 0 aliphatic carbocycles. The van der Waals surface area contributed by atoms with Crippen molar-refractivity contribution in [1.82, 2.24) is 9.55 Å². The van der Waals surface area contributed by atoms with E-state index in [2.05, 4.69) is 25.8 Å². The normalized spacial score (nSPS) is 11.6. The van der Waals surface area contributed by atoms with Gasteiger partial charge in [-0.1, -0.05) is 20.8 Å². The predicted molar refractivity (Wildman–Crippen MR) is 82.3 cm³/mol. The van der Waals surface area contributed by atoms with Crippen molar-refractivity contribution >= 4 is 17.3 Å². The SMILES string of the molecule is CC(C)(C)c1cc(OCCCn2ccnc2)c(C(=O)O)s1. The number of hydrogen-bond acceptors (Lipinski definition) is 4. The quantitative estimate of drug-likeness (QED) is 0.831. The van der Waals surface area contributed by atoms with Gasteiger partial charge in [0.1, 0.15) is 5.75 Å². The molecule has 0 radical (unpaired) electrons. The summed E-state index contributed by atoms with van der Waals surface area (Å²) in [7, 11) is 0. The largest absolute Gasteiger partial charge is 0.492 e. The third-order valence-electron chi connectivity index (χ3n) is 3.01. The molecule has 5 nitrogen and oxygen atoms in total. The number of ether oxygens (including phenoxy) is 1. The molecule has 0 saturated heterocycles. The van der Waals surface area contributed by atoms with Crippen molar-refractivity contribution in [3.05, 3.63) is 34.5 Å². The van der Waals surface area contributed by atoms with Crippen molar-refractivity contribution in [3.63, 3.8) is 0 Å². The van der Waals surface area contributed by atoms with Gasteiger partial charge in [0.05, 0.1) is 12.9 Å². The van der Waals surface area contributed by atoms with Crippen molar-refractivity contribution < 1.29 is 14.6 Å². The molecule has 0 saturated carbocycles. The highest BCUT2D eigenvalue weighted by molar-refractivity contribution is 7.14. The molecule has 0 aliphatic heterocycles. The van der Waals surface area contributed by atoms with Crippen LogP contribution >= 0.6 is 11.3 Å². The summed E-state index contributed by atoms with van der Waals surface area (Å²) in [6.45, 7) is 7.48. The zero-order valence-corrected chi connectivity index (χ0v) is 13.3. The molecule has 0 aromatic carbocycles. The summed E-state index contributed by atoms with van der Waals surface area (Å²) in [5.41, 5.74) is -0.0761. The Hall–Kier alpha value is -1.82. The lowest BCUT2D eigenvalue weighted by Gasteiger charge is -2.14. The minimum absolute atomic E-state index is 0.0761. The van der Waals surface area contributed by atoms with Crippen LogP contribution in [0.2, 0.25) is 0 Å². The molecule has 0 amide bonds. The number of imidazole rings is 1. The fraction of sp³-hybridized carbons (Fsp3) is 0.467. The number of carboxylic acids is 1. The third kappa shape index (κ3) is 4.07. The topological polar surface area (TPSA) is 64.4 Å². The van der Waals surface area contributed by atoms with Crippen LogP contribution in [0.15, 0.2) is 24.8 Å². The number of rotatable bonds is 6. The van der Waals surface area contributed by atoms with E-state index in [-0.39, 0.29) is 10.3 Å². The second-order valence-corrected chi connectivity index (χ2v) is 6.91. The Kier molecular flexibility index (Phi) is 4.67. The number of aromatic nitrogens is 2. The molecular weight excluding hydrogens is 288 g/mol. The molecule has 0 fully saturated rings. The summed E-state index contributed by atoms with van der Waals surface area (Å²) >= 11 is 1.29. The number of carbonyl (C=O) groups is 1. The third-order valence-corrected chi connectivity index (χ3v) is 4.54. The maximum absolute atomic E-state index is 11.3. The molecule has 2 aromatic rings. The van der Waals surface area contributed by atoms with Crippen molar-refractivity contribution in [3.8, 4) is 5.75 Å². The van der Waals surface area contributed by atoms with Crippen LogP contribution < -0.4 is 4.74 Å². The van der Waals surface area contributed by atoms with Gasteiger partial charge in [-0.15, -0.1) is 11.3 Å². The molecule has 0 spiro atoms. The maximum Gasteiger partial charge on any atom is 0.349 e. The van der Waals surface area contributed by atoms with Gasteiger partial charge in [-0.05, 0) is 17.9 Å². The molecule has 2 heterocycles. The van der Waals surface area contributed by atoms with E-state index in [0.717, 1.165) is 17.8 Å². The average Bonchev–Trinajstić information content (AvgIpc) is 3.03. The van der Waals surface area contributed by atoms with Crippen LogP contribution in [0.3, 0.4) is 0 Å². The Bertz CT molecular complexity index is 597. The van der Waals surface area contributed by atoms with Gasteiger partial charge in [0.15, 0.2) is 4.88 Å². The van der Waals surface area contributed by atoms with Crippen LogP contribution in [-0.2, 0) is 12.0 Å². The number of nitrogens with zero attached hydrogens (tertiary/aromatic N) is 2. The standard InChI is InChI=1S/C15H20N2O3S/c1-15(2,3)12-9-11(13(21-12)14(18)19)20-8-4-6-17-7-5-16-10-17/h5,7,9-10H,4,6,8H2,1-3H3,(H,18,19). The summed E-state index contributed by atoms with van der Waals surface area (Å²) in [4.78, 5) is 16.6. The Labute approximate surface area is 128 Å². The summed E-state index contributed by atoms with van der Waals surface area (Å²) in [6.07, 6.45) is 6.18. The van der Waals surface area contributed by atoms with E-state index in [1.807, 2.05) is 16.8 Å². The molecule has 0 unspecified atom stereocenters. The van der Waals surface area contributed by atoms with E-state index >= 15 is 0 Å². The average molecular weight is 308 g/mol. The number of aryl methyl sites for hydroxylation is 1. The Morgan fingerprint density at radius 3 is 2.81 bits per heavy atom. The summed E-state index contributed by atoms with van der Waals surface area (Å²) in [6, 6.07) is 1.85. The highest BCUT2D eigenvalue weighted by Crippen LogP contribution is 2.36. The van der Waals surface area contributed by atoms with Crippen LogP contribution in [0.5, 0.6) is 5.75 Å². The fourth-order valence-electron chi connectivity index (χ4n) is 1.85. The maximum atomic E-state index is 11.3. The van der Waals surface area contributed by atoms with Crippen molar-refractivity contribution in [2.24, 2.45) is 0 Å². The smallest absolute Gasteiger partial charge is 0.349 e. The molecule has 0 atom stereocenters. The summed E-state index contributed by atoms with van der Waals surface area (Å²) < 4.78 is 7.64. The predicted octanol–water partition coefficient (Wildman–Crippen LogP) is 3.41. The zero-order chi connectivity index (χ0) is 15.5. The molecule has 2 aromatic heterocycles. The zero-order valence-electron chi connectivity index (χ0n) is 12.5. The fourth-order valence-corrected chi connectivity index (χ4v) is 2.85. The molecule has 0 bridgehead atoms. The van der Waals surface area contributed by atoms with Crippen molar-refractivity contribution in [1.29, 1.82) is 0 Å². The van der Waals surface area contributed by atoms with E-state index in [1.165, 1.54) is 11.3 Å². The van der Waals surface area contributed by atoms with Crippen LogP contribution in [0.1, 0.15) is 41.7 Å². The molecule has 114 valence electrons. The van der Waals surface area contributed by atoms with Gasteiger partial charge in [-0.3, -0.25) is 0 Å². The van der Waals surface area contributed by atoms with Crippen molar-refractivity contribution in [2.75, 3.05) is 6.61 Å². The second-order valence-electron chi connectivity index (χ2n) is 5.86. The first kappa shape index (κ1) is 15.6. The van der Waals surface area contributed by atoms with Crippen molar-refractivity contribution in [2.45, 2.75) is 39.2 Å². The summed E-state index contributed by atoms with van der Waals surface area (Å²) in [5, 5.41) is 9.27. The number of thiophene rings is 1. The summed E-state index contributed by atoms with van der Waals surface area (Å²) in [5.74, 6) is -0.455. The second kappa shape index (κ2) is 6.30. The molecular formula is C15H20N2O3S. The lowest BCUT2D eigenvalue weighted by molar-refractivity contribution is 0.0698. The Morgan fingerprint density at radius 1 is 1.48 bits per heavy atom. The van der Waals surface area contributed by atoms with Gasteiger partial charge in [0.2, 0.25) is 0 Å². The number of aromatic carboxylic acids is 1. The first-order valence-corrected chi connectivity index (χ1v) is 7.65. The minimum atomic E-state index is -0.930. The van der Waals surface area contributed by atoms with Crippen LogP contribution in [0.4, 0.5) is 0 Å². The molecule has 1 N–H and O–H groups in total. The van der Waals surface area contributed by atoms with Gasteiger partial charge in [-0.25, -0.2) is 9.78 Å². The molecule has 2 rings (SSSR count). The highest BCUT2D eigenvalue weighted by atomic mass is 32.1. The van der Waals surface area contributed by atoms with Crippen LogP contribution in [0.25, 0.3) is 0 Å². The lowest BCUT2D eigenvalue weighted by Crippen LogP contribution is -2.08. The molecule has 0 aliphatic rings. The molecule has 6 heteroatoms. The number of hydrogen-bond donors (Lipinski definition) is 1. The first-order chi connectivity index (χ1) is 9.88. The van der Waals surface area contributed by atoms with Gasteiger partial charge in [-0.2, -0.15) is 0 Å². The van der Waals surface area contributed by atoms with E-state index < -0.39 is 5.97 Å². The van der Waals surface area contributed by atoms with Gasteiger partial charge in [0, 0.05) is 23.8 Å². The van der Waals surface area contributed by atoms with Crippen LogP contribution in [0, 0.1) is 0 Å². The van der Waals surface area contributed by atoms with E-state index in [9.17, 15) is 9.90 Å². The van der Waals surface area contributed by atoms with Gasteiger partial charge in [0.25, 0.3) is 0 Å². The molecule has 21 heavy (non-hydrogen) atoms. The first-order valence-electron chi connectivity index (χ1n) is 6.84. The Morgan fingerprint density at radius 2 is 2.24 bits per heavy atom. The minimum Gasteiger partial charge on any atom is -0.492 e.